The maximum absolute atomic E-state index is 13.6. The van der Waals surface area contributed by atoms with Crippen LogP contribution in [0, 0.1) is 18.6 Å². The number of hydrogen-bond acceptors (Lipinski definition) is 6. The van der Waals surface area contributed by atoms with Gasteiger partial charge in [0.2, 0.25) is 5.95 Å². The lowest BCUT2D eigenvalue weighted by Crippen LogP contribution is -2.31. The van der Waals surface area contributed by atoms with E-state index in [2.05, 4.69) is 37.6 Å². The molecule has 0 aliphatic rings. The fraction of sp³-hybridized carbons (Fsp3) is 0.212. The van der Waals surface area contributed by atoms with Gasteiger partial charge in [-0.3, -0.25) is 14.3 Å². The molecular weight excluding hydrogens is 564 g/mol. The monoisotopic (exact) mass is 597 g/mol. The first kappa shape index (κ1) is 30.3. The lowest BCUT2D eigenvalue weighted by molar-refractivity contribution is 0.0956. The molecule has 3 aromatic carbocycles. The minimum absolute atomic E-state index is 0.000239. The summed E-state index contributed by atoms with van der Waals surface area (Å²) in [6, 6.07) is 17.4. The van der Waals surface area contributed by atoms with E-state index in [0.29, 0.717) is 17.2 Å². The average Bonchev–Trinajstić information content (AvgIpc) is 3.20. The van der Waals surface area contributed by atoms with Crippen LogP contribution in [0.4, 0.5) is 20.4 Å². The summed E-state index contributed by atoms with van der Waals surface area (Å²) in [7, 11) is 5.71. The number of benzene rings is 3. The van der Waals surface area contributed by atoms with Gasteiger partial charge in [-0.05, 0) is 74.1 Å². The van der Waals surface area contributed by atoms with Crippen LogP contribution in [0.1, 0.15) is 32.7 Å². The highest BCUT2D eigenvalue weighted by atomic mass is 19.2. The van der Waals surface area contributed by atoms with E-state index in [-0.39, 0.29) is 18.7 Å². The first-order valence-corrected chi connectivity index (χ1v) is 14.0. The van der Waals surface area contributed by atoms with E-state index in [1.165, 1.54) is 21.0 Å². The second kappa shape index (κ2) is 13.0. The van der Waals surface area contributed by atoms with Crippen molar-refractivity contribution in [1.29, 1.82) is 0 Å². The van der Waals surface area contributed by atoms with Crippen molar-refractivity contribution in [3.8, 4) is 0 Å². The van der Waals surface area contributed by atoms with Crippen LogP contribution in [0.3, 0.4) is 0 Å². The maximum atomic E-state index is 13.6. The van der Waals surface area contributed by atoms with Crippen molar-refractivity contribution >= 4 is 34.5 Å². The molecule has 2 N–H and O–H groups in total. The van der Waals surface area contributed by atoms with Crippen molar-refractivity contribution in [2.45, 2.75) is 20.0 Å². The molecule has 0 fully saturated rings. The van der Waals surface area contributed by atoms with Crippen molar-refractivity contribution in [2.75, 3.05) is 26.0 Å². The Hall–Kier alpha value is -5.16. The minimum atomic E-state index is -0.996. The highest BCUT2D eigenvalue weighted by molar-refractivity contribution is 5.95. The Labute approximate surface area is 253 Å². The smallest absolute Gasteiger partial charge is 0.280 e. The molecule has 44 heavy (non-hydrogen) atoms. The van der Waals surface area contributed by atoms with E-state index in [4.69, 9.17) is 0 Å². The lowest BCUT2D eigenvalue weighted by Gasteiger charge is -2.10. The summed E-state index contributed by atoms with van der Waals surface area (Å²) >= 11 is 0. The van der Waals surface area contributed by atoms with Crippen molar-refractivity contribution in [1.82, 2.24) is 29.5 Å². The third kappa shape index (κ3) is 6.90. The van der Waals surface area contributed by atoms with E-state index >= 15 is 0 Å². The predicted octanol–water partition coefficient (Wildman–Crippen LogP) is 5.01. The van der Waals surface area contributed by atoms with E-state index in [0.717, 1.165) is 40.8 Å². The summed E-state index contributed by atoms with van der Waals surface area (Å²) in [4.78, 5) is 37.1. The second-order valence-corrected chi connectivity index (χ2v) is 10.8. The van der Waals surface area contributed by atoms with Gasteiger partial charge in [0.05, 0.1) is 12.1 Å². The largest absolute Gasteiger partial charge is 0.348 e. The normalized spacial score (nSPS) is 11.5. The number of nitrogens with zero attached hydrogens (tertiary/aromatic N) is 5. The molecule has 0 aliphatic carbocycles. The molecule has 5 aromatic rings. The zero-order valence-electron chi connectivity index (χ0n) is 24.9. The number of carbonyl (C=O) groups is 1. The summed E-state index contributed by atoms with van der Waals surface area (Å²) < 4.78 is 29.8. The Balaban J connectivity index is 1.20. The van der Waals surface area contributed by atoms with E-state index in [1.807, 2.05) is 50.5 Å². The fourth-order valence-electron chi connectivity index (χ4n) is 4.85. The Morgan fingerprint density at radius 1 is 1.00 bits per heavy atom. The maximum Gasteiger partial charge on any atom is 0.280 e. The average molecular weight is 598 g/mol. The molecule has 0 unspecified atom stereocenters. The van der Waals surface area contributed by atoms with Gasteiger partial charge in [0.1, 0.15) is 5.56 Å². The van der Waals surface area contributed by atoms with E-state index < -0.39 is 23.1 Å². The summed E-state index contributed by atoms with van der Waals surface area (Å²) in [6.07, 6.45) is 5.40. The van der Waals surface area contributed by atoms with Crippen LogP contribution < -0.4 is 16.2 Å². The highest BCUT2D eigenvalue weighted by Gasteiger charge is 2.21. The van der Waals surface area contributed by atoms with Gasteiger partial charge in [-0.15, -0.1) is 0 Å². The molecule has 2 aromatic heterocycles. The van der Waals surface area contributed by atoms with Gasteiger partial charge in [-0.25, -0.2) is 23.4 Å². The van der Waals surface area contributed by atoms with Crippen LogP contribution in [0.5, 0.6) is 0 Å². The molecular formula is C33H33F2N7O2. The number of rotatable bonds is 10. The summed E-state index contributed by atoms with van der Waals surface area (Å²) in [5.74, 6) is -1.97. The molecule has 0 spiro atoms. The van der Waals surface area contributed by atoms with Gasteiger partial charge in [0.25, 0.3) is 11.5 Å². The minimum Gasteiger partial charge on any atom is -0.348 e. The molecule has 2 heterocycles. The van der Waals surface area contributed by atoms with Crippen molar-refractivity contribution in [2.24, 2.45) is 7.05 Å². The van der Waals surface area contributed by atoms with Gasteiger partial charge >= 0.3 is 0 Å². The molecule has 0 saturated carbocycles. The molecule has 0 aliphatic heterocycles. The SMILES string of the molecule is Cc1c(C(=O)NCC=Cc2ccc3nc(Nc4ccc(CN(C)C)cc4)ncc3c2)c(=O)n(Cc2ccc(F)c(F)c2)n1C. The number of aromatic nitrogens is 4. The van der Waals surface area contributed by atoms with Crippen LogP contribution in [0.2, 0.25) is 0 Å². The first-order valence-electron chi connectivity index (χ1n) is 14.0. The predicted molar refractivity (Wildman–Crippen MR) is 168 cm³/mol. The highest BCUT2D eigenvalue weighted by Crippen LogP contribution is 2.19. The van der Waals surface area contributed by atoms with E-state index in [9.17, 15) is 18.4 Å². The number of hydrogen-bond donors (Lipinski definition) is 2. The topological polar surface area (TPSA) is 97.1 Å². The number of amides is 1. The third-order valence-corrected chi connectivity index (χ3v) is 7.20. The molecule has 9 nitrogen and oxygen atoms in total. The first-order chi connectivity index (χ1) is 21.1. The zero-order chi connectivity index (χ0) is 31.4. The lowest BCUT2D eigenvalue weighted by atomic mass is 10.1. The zero-order valence-corrected chi connectivity index (χ0v) is 24.9. The van der Waals surface area contributed by atoms with Gasteiger partial charge in [-0.2, -0.15) is 0 Å². The van der Waals surface area contributed by atoms with Crippen LogP contribution in [-0.4, -0.2) is 50.8 Å². The number of nitrogens with one attached hydrogen (secondary N) is 2. The summed E-state index contributed by atoms with van der Waals surface area (Å²) in [5, 5.41) is 6.86. The second-order valence-electron chi connectivity index (χ2n) is 10.8. The Morgan fingerprint density at radius 3 is 2.48 bits per heavy atom. The molecule has 0 saturated heterocycles. The van der Waals surface area contributed by atoms with E-state index in [1.54, 1.807) is 26.2 Å². The van der Waals surface area contributed by atoms with Crippen molar-refractivity contribution in [3.05, 3.63) is 123 Å². The standard InChI is InChI=1S/C33H33F2N7O2/c1-21-30(32(44)42(41(21)4)20-24-9-13-27(34)28(35)17-24)31(43)36-15-5-6-22-10-14-29-25(16-22)18-37-33(39-29)38-26-11-7-23(8-12-26)19-40(2)3/h5-14,16-18H,15,19-20H2,1-4H3,(H,36,43)(H,37,38,39). The number of halogens is 2. The molecule has 11 heteroatoms. The van der Waals surface area contributed by atoms with Crippen molar-refractivity contribution < 1.29 is 13.6 Å². The van der Waals surface area contributed by atoms with Gasteiger partial charge in [0, 0.05) is 43.1 Å². The van der Waals surface area contributed by atoms with Crippen molar-refractivity contribution in [3.63, 3.8) is 0 Å². The van der Waals surface area contributed by atoms with Crippen LogP contribution >= 0.6 is 0 Å². The van der Waals surface area contributed by atoms with Gasteiger partial charge in [0.15, 0.2) is 11.6 Å². The van der Waals surface area contributed by atoms with Crippen LogP contribution in [-0.2, 0) is 20.1 Å². The number of carbonyl (C=O) groups excluding carboxylic acids is 1. The quantitative estimate of drug-likeness (QED) is 0.235. The van der Waals surface area contributed by atoms with Crippen LogP contribution in [0.15, 0.2) is 77.7 Å². The number of fused-ring (bicyclic) bond motifs is 1. The molecule has 5 rings (SSSR count). The third-order valence-electron chi connectivity index (χ3n) is 7.20. The molecule has 1 amide bonds. The summed E-state index contributed by atoms with van der Waals surface area (Å²) in [6.45, 7) is 2.72. The Kier molecular flexibility index (Phi) is 8.96. The molecule has 226 valence electrons. The number of anilines is 2. The Morgan fingerprint density at radius 2 is 1.75 bits per heavy atom. The molecule has 0 atom stereocenters. The Bertz CT molecular complexity index is 1910. The molecule has 0 radical (unpaired) electrons. The van der Waals surface area contributed by atoms with Crippen LogP contribution in [0.25, 0.3) is 17.0 Å². The molecule has 0 bridgehead atoms. The fourth-order valence-corrected chi connectivity index (χ4v) is 4.85. The summed E-state index contributed by atoms with van der Waals surface area (Å²) in [5.41, 5.74) is 4.16. The van der Waals surface area contributed by atoms with Gasteiger partial charge in [-0.1, -0.05) is 36.4 Å². The van der Waals surface area contributed by atoms with Gasteiger partial charge < -0.3 is 15.5 Å².